The largest absolute Gasteiger partial charge is 0.479 e. The summed E-state index contributed by atoms with van der Waals surface area (Å²) in [4.78, 5) is 22.7. The molecule has 0 bridgehead atoms. The summed E-state index contributed by atoms with van der Waals surface area (Å²) >= 11 is 0. The minimum absolute atomic E-state index is 0.406. The number of amides is 1. The number of hydrogen-bond acceptors (Lipinski definition) is 3. The molecule has 0 spiro atoms. The van der Waals surface area contributed by atoms with Crippen molar-refractivity contribution in [3.63, 3.8) is 0 Å². The highest BCUT2D eigenvalue weighted by molar-refractivity contribution is 5.93. The summed E-state index contributed by atoms with van der Waals surface area (Å²) in [6, 6.07) is 7.52. The molecule has 1 aromatic rings. The van der Waals surface area contributed by atoms with Crippen LogP contribution in [0.3, 0.4) is 0 Å². The Balaban J connectivity index is 3.01. The Bertz CT molecular complexity index is 481. The number of carbonyl (C=O) groups excluding carboxylic acids is 1. The molecule has 0 unspecified atom stereocenters. The van der Waals surface area contributed by atoms with E-state index in [0.29, 0.717) is 11.1 Å². The first-order valence-electron chi connectivity index (χ1n) is 5.87. The zero-order valence-corrected chi connectivity index (χ0v) is 10.8. The molecule has 3 N–H and O–H groups in total. The average Bonchev–Trinajstić information content (AvgIpc) is 2.43. The van der Waals surface area contributed by atoms with Gasteiger partial charge in [-0.05, 0) is 19.4 Å². The van der Waals surface area contributed by atoms with Crippen molar-refractivity contribution in [3.05, 3.63) is 47.5 Å². The van der Waals surface area contributed by atoms with Crippen LogP contribution in [-0.4, -0.2) is 28.2 Å². The van der Waals surface area contributed by atoms with Gasteiger partial charge in [0.15, 0.2) is 6.10 Å². The number of hydrogen-bond donors (Lipinski definition) is 3. The second kappa shape index (κ2) is 6.70. The zero-order chi connectivity index (χ0) is 14.4. The molecule has 0 aliphatic heterocycles. The number of aliphatic hydroxyl groups excluding tert-OH is 1. The average molecular weight is 263 g/mol. The summed E-state index contributed by atoms with van der Waals surface area (Å²) in [5, 5.41) is 21.1. The number of allylic oxidation sites excluding steroid dienone is 1. The number of nitrogens with one attached hydrogen (secondary N) is 1. The molecule has 0 radical (unpaired) electrons. The predicted molar refractivity (Wildman–Crippen MR) is 70.4 cm³/mol. The summed E-state index contributed by atoms with van der Waals surface area (Å²) < 4.78 is 0. The number of carbonyl (C=O) groups is 2. The third-order valence-electron chi connectivity index (χ3n) is 2.81. The normalized spacial score (nSPS) is 14.6. The maximum absolute atomic E-state index is 11.8. The molecule has 5 nitrogen and oxygen atoms in total. The van der Waals surface area contributed by atoms with Gasteiger partial charge in [-0.2, -0.15) is 0 Å². The number of aliphatic carboxylic acids is 1. The van der Waals surface area contributed by atoms with Crippen LogP contribution >= 0.6 is 0 Å². The summed E-state index contributed by atoms with van der Waals surface area (Å²) in [7, 11) is 0. The molecule has 1 rings (SSSR count). The van der Waals surface area contributed by atoms with E-state index in [9.17, 15) is 14.7 Å². The van der Waals surface area contributed by atoms with Crippen molar-refractivity contribution in [1.82, 2.24) is 5.32 Å². The monoisotopic (exact) mass is 263 g/mol. The molecule has 0 heterocycles. The van der Waals surface area contributed by atoms with Crippen LogP contribution in [0.25, 0.3) is 0 Å². The first-order chi connectivity index (χ1) is 8.97. The number of aliphatic hydroxyl groups is 1. The minimum atomic E-state index is -1.70. The lowest BCUT2D eigenvalue weighted by molar-refractivity contribution is -0.148. The van der Waals surface area contributed by atoms with Gasteiger partial charge < -0.3 is 15.5 Å². The molecule has 102 valence electrons. The topological polar surface area (TPSA) is 86.6 Å². The molecule has 2 atom stereocenters. The molecule has 5 heteroatoms. The van der Waals surface area contributed by atoms with E-state index in [0.717, 1.165) is 0 Å². The van der Waals surface area contributed by atoms with Gasteiger partial charge in [0.2, 0.25) is 5.91 Å². The Kier molecular flexibility index (Phi) is 5.26. The second-order valence-corrected chi connectivity index (χ2v) is 4.12. The third-order valence-corrected chi connectivity index (χ3v) is 2.81. The quantitative estimate of drug-likeness (QED) is 0.698. The second-order valence-electron chi connectivity index (χ2n) is 4.12. The summed E-state index contributed by atoms with van der Waals surface area (Å²) in [5.74, 6) is -1.79. The van der Waals surface area contributed by atoms with Crippen molar-refractivity contribution in [1.29, 1.82) is 0 Å². The lowest BCUT2D eigenvalue weighted by Gasteiger charge is -2.22. The van der Waals surface area contributed by atoms with Gasteiger partial charge in [0.1, 0.15) is 0 Å². The highest BCUT2D eigenvalue weighted by Crippen LogP contribution is 2.17. The van der Waals surface area contributed by atoms with E-state index in [1.54, 1.807) is 50.3 Å². The van der Waals surface area contributed by atoms with Crippen LogP contribution in [-0.2, 0) is 9.59 Å². The Labute approximate surface area is 111 Å². The van der Waals surface area contributed by atoms with Crippen LogP contribution in [0.1, 0.15) is 25.5 Å². The van der Waals surface area contributed by atoms with Gasteiger partial charge in [0.05, 0.1) is 6.04 Å². The Morgan fingerprint density at radius 3 is 2.32 bits per heavy atom. The highest BCUT2D eigenvalue weighted by Gasteiger charge is 2.28. The maximum atomic E-state index is 11.8. The fourth-order valence-corrected chi connectivity index (χ4v) is 1.53. The van der Waals surface area contributed by atoms with Gasteiger partial charge in [-0.15, -0.1) is 0 Å². The van der Waals surface area contributed by atoms with E-state index in [1.165, 1.54) is 0 Å². The smallest absolute Gasteiger partial charge is 0.335 e. The molecular formula is C14H17NO4. The van der Waals surface area contributed by atoms with Crippen LogP contribution in [0.2, 0.25) is 0 Å². The first kappa shape index (κ1) is 14.9. The molecule has 0 saturated carbocycles. The van der Waals surface area contributed by atoms with Gasteiger partial charge >= 0.3 is 5.97 Å². The molecule has 1 aromatic carbocycles. The fraction of sp³-hybridized carbons (Fsp3) is 0.286. The van der Waals surface area contributed by atoms with Crippen LogP contribution in [0.15, 0.2) is 42.0 Å². The maximum Gasteiger partial charge on any atom is 0.335 e. The van der Waals surface area contributed by atoms with Crippen molar-refractivity contribution in [2.24, 2.45) is 0 Å². The van der Waals surface area contributed by atoms with E-state index in [2.05, 4.69) is 5.32 Å². The van der Waals surface area contributed by atoms with Crippen LogP contribution in [0.5, 0.6) is 0 Å². The molecule has 0 saturated heterocycles. The van der Waals surface area contributed by atoms with E-state index in [-0.39, 0.29) is 0 Å². The van der Waals surface area contributed by atoms with Gasteiger partial charge in [-0.25, -0.2) is 4.79 Å². The van der Waals surface area contributed by atoms with Gasteiger partial charge in [-0.1, -0.05) is 36.4 Å². The van der Waals surface area contributed by atoms with E-state index >= 15 is 0 Å². The van der Waals surface area contributed by atoms with Crippen LogP contribution in [0.4, 0.5) is 0 Å². The SMILES string of the molecule is CC=C(C)C(=O)N[C@@H](c1ccccc1)[C@@H](O)C(=O)O. The number of rotatable bonds is 5. The molecule has 19 heavy (non-hydrogen) atoms. The molecule has 0 aromatic heterocycles. The number of carboxylic acids is 1. The molecule has 0 aliphatic rings. The molecule has 0 aliphatic carbocycles. The third kappa shape index (κ3) is 3.93. The summed E-state index contributed by atoms with van der Waals surface area (Å²) in [6.45, 7) is 3.32. The fourth-order valence-electron chi connectivity index (χ4n) is 1.53. The summed E-state index contributed by atoms with van der Waals surface area (Å²) in [6.07, 6.45) is -0.0825. The standard InChI is InChI=1S/C14H17NO4/c1-3-9(2)13(17)15-11(12(16)14(18)19)10-7-5-4-6-8-10/h3-8,11-12,16H,1-2H3,(H,15,17)(H,18,19)/t11-,12+/m0/s1. The van der Waals surface area contributed by atoms with E-state index < -0.39 is 24.0 Å². The van der Waals surface area contributed by atoms with Gasteiger partial charge in [0, 0.05) is 5.57 Å². The summed E-state index contributed by atoms with van der Waals surface area (Å²) in [5.41, 5.74) is 0.994. The highest BCUT2D eigenvalue weighted by atomic mass is 16.4. The first-order valence-corrected chi connectivity index (χ1v) is 5.87. The molecule has 0 fully saturated rings. The van der Waals surface area contributed by atoms with Crippen molar-refractivity contribution >= 4 is 11.9 Å². The van der Waals surface area contributed by atoms with Crippen molar-refractivity contribution in [2.45, 2.75) is 26.0 Å². The Morgan fingerprint density at radius 2 is 1.84 bits per heavy atom. The van der Waals surface area contributed by atoms with E-state index in [1.807, 2.05) is 0 Å². The molecule has 1 amide bonds. The molecular weight excluding hydrogens is 246 g/mol. The minimum Gasteiger partial charge on any atom is -0.479 e. The number of carboxylic acid groups (broad SMARTS) is 1. The Morgan fingerprint density at radius 1 is 1.26 bits per heavy atom. The number of benzene rings is 1. The van der Waals surface area contributed by atoms with Crippen molar-refractivity contribution in [3.8, 4) is 0 Å². The van der Waals surface area contributed by atoms with Crippen LogP contribution < -0.4 is 5.32 Å². The lowest BCUT2D eigenvalue weighted by atomic mass is 10.0. The van der Waals surface area contributed by atoms with Crippen LogP contribution in [0, 0.1) is 0 Å². The zero-order valence-electron chi connectivity index (χ0n) is 10.8. The Hall–Kier alpha value is -2.14. The van der Waals surface area contributed by atoms with Crippen molar-refractivity contribution < 1.29 is 19.8 Å². The van der Waals surface area contributed by atoms with E-state index in [4.69, 9.17) is 5.11 Å². The predicted octanol–water partition coefficient (Wildman–Crippen LogP) is 1.26. The van der Waals surface area contributed by atoms with Crippen molar-refractivity contribution in [2.75, 3.05) is 0 Å². The van der Waals surface area contributed by atoms with Gasteiger partial charge in [0.25, 0.3) is 0 Å². The lowest BCUT2D eigenvalue weighted by Crippen LogP contribution is -2.40. The van der Waals surface area contributed by atoms with Gasteiger partial charge in [-0.3, -0.25) is 4.79 Å².